The number of nitrogens with one attached hydrogen (secondary N) is 1. The Morgan fingerprint density at radius 1 is 1.10 bits per heavy atom. The standard InChI is InChI=1S/C15H26N2O3/c1-15(2,3)17-12-13-5-6-14(16-11-13)20-10-9-19-8-7-18-4/h5-6,11,17H,7-10,12H2,1-4H3. The van der Waals surface area contributed by atoms with Gasteiger partial charge in [-0.3, -0.25) is 0 Å². The van der Waals surface area contributed by atoms with E-state index in [2.05, 4.69) is 31.1 Å². The fraction of sp³-hybridized carbons (Fsp3) is 0.667. The minimum Gasteiger partial charge on any atom is -0.475 e. The summed E-state index contributed by atoms with van der Waals surface area (Å²) in [6, 6.07) is 3.90. The highest BCUT2D eigenvalue weighted by Gasteiger charge is 2.08. The maximum atomic E-state index is 5.49. The molecule has 1 heterocycles. The first-order chi connectivity index (χ1) is 9.51. The minimum absolute atomic E-state index is 0.106. The zero-order chi connectivity index (χ0) is 14.8. The molecule has 1 aromatic heterocycles. The molecule has 0 aliphatic heterocycles. The second kappa shape index (κ2) is 8.89. The second-order valence-corrected chi connectivity index (χ2v) is 5.56. The Kier molecular flexibility index (Phi) is 7.51. The number of hydrogen-bond acceptors (Lipinski definition) is 5. The highest BCUT2D eigenvalue weighted by molar-refractivity contribution is 5.17. The lowest BCUT2D eigenvalue weighted by Gasteiger charge is -2.20. The molecule has 0 bridgehead atoms. The Balaban J connectivity index is 2.21. The molecule has 0 saturated heterocycles. The average Bonchev–Trinajstić information content (AvgIpc) is 2.41. The van der Waals surface area contributed by atoms with E-state index in [0.29, 0.717) is 32.3 Å². The zero-order valence-corrected chi connectivity index (χ0v) is 12.9. The van der Waals surface area contributed by atoms with Gasteiger partial charge in [-0.25, -0.2) is 4.98 Å². The number of hydrogen-bond donors (Lipinski definition) is 1. The highest BCUT2D eigenvalue weighted by Crippen LogP contribution is 2.09. The molecule has 114 valence electrons. The van der Waals surface area contributed by atoms with E-state index >= 15 is 0 Å². The molecule has 1 N–H and O–H groups in total. The first kappa shape index (κ1) is 16.9. The first-order valence-electron chi connectivity index (χ1n) is 6.91. The highest BCUT2D eigenvalue weighted by atomic mass is 16.5. The van der Waals surface area contributed by atoms with Crippen LogP contribution in [0, 0.1) is 0 Å². The monoisotopic (exact) mass is 282 g/mol. The average molecular weight is 282 g/mol. The van der Waals surface area contributed by atoms with Gasteiger partial charge in [-0.1, -0.05) is 6.07 Å². The van der Waals surface area contributed by atoms with Crippen LogP contribution in [0.4, 0.5) is 0 Å². The van der Waals surface area contributed by atoms with Crippen LogP contribution in [0.15, 0.2) is 18.3 Å². The topological polar surface area (TPSA) is 52.6 Å². The smallest absolute Gasteiger partial charge is 0.213 e. The van der Waals surface area contributed by atoms with E-state index in [0.717, 1.165) is 12.1 Å². The number of rotatable bonds is 9. The number of aromatic nitrogens is 1. The summed E-state index contributed by atoms with van der Waals surface area (Å²) < 4.78 is 15.7. The molecule has 0 spiro atoms. The van der Waals surface area contributed by atoms with Crippen LogP contribution in [0.25, 0.3) is 0 Å². The van der Waals surface area contributed by atoms with Crippen LogP contribution in [0.5, 0.6) is 5.88 Å². The molecule has 5 heteroatoms. The van der Waals surface area contributed by atoms with Crippen molar-refractivity contribution in [1.29, 1.82) is 0 Å². The third-order valence-corrected chi connectivity index (χ3v) is 2.53. The van der Waals surface area contributed by atoms with Gasteiger partial charge in [0.05, 0.1) is 19.8 Å². The molecule has 0 unspecified atom stereocenters. The van der Waals surface area contributed by atoms with Crippen molar-refractivity contribution in [2.45, 2.75) is 32.9 Å². The predicted molar refractivity (Wildman–Crippen MR) is 79.0 cm³/mol. The second-order valence-electron chi connectivity index (χ2n) is 5.56. The van der Waals surface area contributed by atoms with Crippen LogP contribution in [0.2, 0.25) is 0 Å². The van der Waals surface area contributed by atoms with Gasteiger partial charge in [0.2, 0.25) is 5.88 Å². The van der Waals surface area contributed by atoms with Gasteiger partial charge in [0.15, 0.2) is 0 Å². The van der Waals surface area contributed by atoms with E-state index < -0.39 is 0 Å². The fourth-order valence-corrected chi connectivity index (χ4v) is 1.42. The lowest BCUT2D eigenvalue weighted by Crippen LogP contribution is -2.35. The van der Waals surface area contributed by atoms with Gasteiger partial charge in [0.25, 0.3) is 0 Å². The molecule has 20 heavy (non-hydrogen) atoms. The Bertz CT molecular complexity index is 360. The van der Waals surface area contributed by atoms with E-state index in [-0.39, 0.29) is 5.54 Å². The molecular formula is C15H26N2O3. The SMILES string of the molecule is COCCOCCOc1ccc(CNC(C)(C)C)cn1. The van der Waals surface area contributed by atoms with E-state index in [4.69, 9.17) is 14.2 Å². The van der Waals surface area contributed by atoms with Crippen LogP contribution in [0.1, 0.15) is 26.3 Å². The lowest BCUT2D eigenvalue weighted by molar-refractivity contribution is 0.0537. The van der Waals surface area contributed by atoms with E-state index in [1.165, 1.54) is 0 Å². The van der Waals surface area contributed by atoms with Crippen molar-refractivity contribution in [2.75, 3.05) is 33.5 Å². The van der Waals surface area contributed by atoms with Crippen molar-refractivity contribution in [3.63, 3.8) is 0 Å². The largest absolute Gasteiger partial charge is 0.475 e. The number of pyridine rings is 1. The molecule has 0 radical (unpaired) electrons. The van der Waals surface area contributed by atoms with Gasteiger partial charge < -0.3 is 19.5 Å². The van der Waals surface area contributed by atoms with Gasteiger partial charge >= 0.3 is 0 Å². The first-order valence-corrected chi connectivity index (χ1v) is 6.91. The van der Waals surface area contributed by atoms with Gasteiger partial charge in [0.1, 0.15) is 6.61 Å². The molecule has 0 amide bonds. The van der Waals surface area contributed by atoms with Crippen molar-refractivity contribution in [3.8, 4) is 5.88 Å². The third-order valence-electron chi connectivity index (χ3n) is 2.53. The van der Waals surface area contributed by atoms with E-state index in [1.54, 1.807) is 7.11 Å². The Morgan fingerprint density at radius 2 is 1.85 bits per heavy atom. The van der Waals surface area contributed by atoms with Crippen LogP contribution in [-0.2, 0) is 16.0 Å². The summed E-state index contributed by atoms with van der Waals surface area (Å²) in [5, 5.41) is 3.42. The molecule has 0 aliphatic rings. The molecule has 5 nitrogen and oxygen atoms in total. The van der Waals surface area contributed by atoms with Crippen molar-refractivity contribution < 1.29 is 14.2 Å². The molecule has 0 atom stereocenters. The maximum absolute atomic E-state index is 5.49. The van der Waals surface area contributed by atoms with Gasteiger partial charge in [-0.2, -0.15) is 0 Å². The maximum Gasteiger partial charge on any atom is 0.213 e. The Morgan fingerprint density at radius 3 is 2.45 bits per heavy atom. The van der Waals surface area contributed by atoms with Crippen molar-refractivity contribution in [3.05, 3.63) is 23.9 Å². The van der Waals surface area contributed by atoms with Crippen LogP contribution >= 0.6 is 0 Å². The van der Waals surface area contributed by atoms with E-state index in [9.17, 15) is 0 Å². The summed E-state index contributed by atoms with van der Waals surface area (Å²) in [7, 11) is 1.65. The van der Waals surface area contributed by atoms with Gasteiger partial charge in [-0.05, 0) is 26.3 Å². The molecular weight excluding hydrogens is 256 g/mol. The van der Waals surface area contributed by atoms with Gasteiger partial charge in [0, 0.05) is 31.5 Å². The molecule has 1 rings (SSSR count). The van der Waals surface area contributed by atoms with Crippen LogP contribution in [0.3, 0.4) is 0 Å². The normalized spacial score (nSPS) is 11.6. The summed E-state index contributed by atoms with van der Waals surface area (Å²) in [5.41, 5.74) is 1.25. The molecule has 0 aliphatic carbocycles. The third kappa shape index (κ3) is 8.09. The summed E-state index contributed by atoms with van der Waals surface area (Å²) >= 11 is 0. The summed E-state index contributed by atoms with van der Waals surface area (Å²) in [6.07, 6.45) is 1.83. The van der Waals surface area contributed by atoms with Gasteiger partial charge in [-0.15, -0.1) is 0 Å². The molecule has 0 aromatic carbocycles. The van der Waals surface area contributed by atoms with Crippen LogP contribution < -0.4 is 10.1 Å². The summed E-state index contributed by atoms with van der Waals surface area (Å²) in [5.74, 6) is 0.625. The van der Waals surface area contributed by atoms with Crippen molar-refractivity contribution in [1.82, 2.24) is 10.3 Å². The summed E-state index contributed by atoms with van der Waals surface area (Å²) in [6.45, 7) is 9.45. The molecule has 0 saturated carbocycles. The van der Waals surface area contributed by atoms with E-state index in [1.807, 2.05) is 18.3 Å². The number of methoxy groups -OCH3 is 1. The lowest BCUT2D eigenvalue weighted by atomic mass is 10.1. The Labute approximate surface area is 121 Å². The Hall–Kier alpha value is -1.17. The number of ether oxygens (including phenoxy) is 3. The molecule has 0 fully saturated rings. The zero-order valence-electron chi connectivity index (χ0n) is 12.9. The minimum atomic E-state index is 0.106. The fourth-order valence-electron chi connectivity index (χ4n) is 1.42. The summed E-state index contributed by atoms with van der Waals surface area (Å²) in [4.78, 5) is 4.27. The van der Waals surface area contributed by atoms with Crippen molar-refractivity contribution in [2.24, 2.45) is 0 Å². The number of nitrogens with zero attached hydrogens (tertiary/aromatic N) is 1. The quantitative estimate of drug-likeness (QED) is 0.702. The van der Waals surface area contributed by atoms with Crippen LogP contribution in [-0.4, -0.2) is 44.1 Å². The van der Waals surface area contributed by atoms with Crippen molar-refractivity contribution >= 4 is 0 Å². The molecule has 1 aromatic rings. The predicted octanol–water partition coefficient (Wildman–Crippen LogP) is 2.01.